The van der Waals surface area contributed by atoms with E-state index in [4.69, 9.17) is 0 Å². The molecule has 1 aliphatic carbocycles. The minimum Gasteiger partial charge on any atom is -0.550 e. The molecule has 1 aromatic heterocycles. The average molecular weight is 839 g/mol. The summed E-state index contributed by atoms with van der Waals surface area (Å²) in [5.41, 5.74) is 0.403. The van der Waals surface area contributed by atoms with Gasteiger partial charge in [0.15, 0.2) is 9.84 Å². The van der Waals surface area contributed by atoms with E-state index in [1.807, 2.05) is 0 Å². The number of sulfone groups is 1. The van der Waals surface area contributed by atoms with E-state index < -0.39 is 102 Å². The summed E-state index contributed by atoms with van der Waals surface area (Å²) in [6.45, 7) is 6.86. The largest absolute Gasteiger partial charge is 1.00 e. The number of carbonyl (C=O) groups excluding carboxylic acids is 7. The van der Waals surface area contributed by atoms with Crippen LogP contribution in [0.3, 0.4) is 0 Å². The summed E-state index contributed by atoms with van der Waals surface area (Å²) in [5, 5.41) is 31.9. The monoisotopic (exact) mass is 838 g/mol. The van der Waals surface area contributed by atoms with Crippen LogP contribution < -0.4 is 45.3 Å². The zero-order valence-electron chi connectivity index (χ0n) is 31.6. The molecule has 23 heteroatoms. The summed E-state index contributed by atoms with van der Waals surface area (Å²) in [6, 6.07) is 4.11. The number of ketones is 1. The first-order chi connectivity index (χ1) is 26.3. The number of hydrogen-bond acceptors (Lipinski definition) is 14. The molecule has 0 spiro atoms. The Morgan fingerprint density at radius 1 is 1.05 bits per heavy atom. The summed E-state index contributed by atoms with van der Waals surface area (Å²) in [5.74, 6) is -8.28. The van der Waals surface area contributed by atoms with Crippen molar-refractivity contribution < 1.29 is 86.5 Å². The number of imide groups is 1. The molecule has 5 fully saturated rings. The first-order valence-electron chi connectivity index (χ1n) is 17.6. The quantitative estimate of drug-likeness (QED) is 0.121. The third-order valence-corrected chi connectivity index (χ3v) is 15.5. The van der Waals surface area contributed by atoms with Crippen LogP contribution in [-0.2, 0) is 49.9 Å². The standard InChI is InChI=1S/C23H27N5O7S.C11H13N3O5S.Na/c1-4-26-10-11-27(19(32)18(26)31)22(35)25-13(12-8-6-5-7-9-12)16(29)24-14-17(30)28-15(21(33)34)23(2,3)36-20(14)28;1-11(5-14-3-2-12-13-14)9(10(16)17)8-6(15)4-7(8)20(11,18)19;/h5-9,13-15,20H,4,10-11H2,1-3H3,(H,24,29)(H,25,35)(H,33,34);2-3,7-9H,4-5H2,1H3,(H,16,17);/q;;+1/p-1/t13?,14-,15+,20-;7?,8?,9-,11-;/m10./s1. The fourth-order valence-electron chi connectivity index (χ4n) is 8.04. The molecule has 6 amide bonds. The number of fused-ring (bicyclic) bond motifs is 2. The molecule has 5 heterocycles. The molecule has 1 saturated carbocycles. The number of thioether (sulfide) groups is 1. The van der Waals surface area contributed by atoms with Gasteiger partial charge in [-0.1, -0.05) is 35.5 Å². The maximum atomic E-state index is 13.3. The van der Waals surface area contributed by atoms with Gasteiger partial charge in [-0.25, -0.2) is 18.0 Å². The number of nitrogens with one attached hydrogen (secondary N) is 2. The smallest absolute Gasteiger partial charge is 0.550 e. The van der Waals surface area contributed by atoms with E-state index in [1.54, 1.807) is 51.1 Å². The van der Waals surface area contributed by atoms with Crippen molar-refractivity contribution in [2.45, 2.75) is 78.9 Å². The van der Waals surface area contributed by atoms with E-state index in [9.17, 15) is 57.0 Å². The number of aromatic nitrogens is 3. The molecule has 0 radical (unpaired) electrons. The molecule has 4 saturated heterocycles. The number of benzene rings is 1. The molecule has 2 aromatic rings. The van der Waals surface area contributed by atoms with E-state index in [0.717, 1.165) is 4.90 Å². The third-order valence-electron chi connectivity index (χ3n) is 11.0. The van der Waals surface area contributed by atoms with Crippen LogP contribution in [0.1, 0.15) is 45.7 Å². The Morgan fingerprint density at radius 3 is 2.28 bits per heavy atom. The molecule has 8 atom stereocenters. The van der Waals surface area contributed by atoms with Crippen LogP contribution in [-0.4, -0.2) is 142 Å². The second-order valence-electron chi connectivity index (χ2n) is 14.7. The van der Waals surface area contributed by atoms with Crippen molar-refractivity contribution in [1.82, 2.24) is 40.3 Å². The Morgan fingerprint density at radius 2 is 1.72 bits per heavy atom. The second kappa shape index (κ2) is 16.1. The maximum absolute atomic E-state index is 13.3. The van der Waals surface area contributed by atoms with Gasteiger partial charge in [-0.3, -0.25) is 33.6 Å². The Bertz CT molecular complexity index is 2110. The van der Waals surface area contributed by atoms with Gasteiger partial charge in [0.2, 0.25) is 11.8 Å². The summed E-state index contributed by atoms with van der Waals surface area (Å²) >= 11 is 1.28. The average Bonchev–Trinajstić information content (AvgIpc) is 3.78. The van der Waals surface area contributed by atoms with Crippen LogP contribution in [0.4, 0.5) is 4.79 Å². The van der Waals surface area contributed by atoms with Gasteiger partial charge >= 0.3 is 53.4 Å². The van der Waals surface area contributed by atoms with Crippen molar-refractivity contribution >= 4 is 69.0 Å². The number of carboxylic acids is 2. The third kappa shape index (κ3) is 7.45. The van der Waals surface area contributed by atoms with E-state index in [0.29, 0.717) is 12.1 Å². The van der Waals surface area contributed by atoms with E-state index in [-0.39, 0.29) is 61.4 Å². The van der Waals surface area contributed by atoms with Crippen molar-refractivity contribution in [2.75, 3.05) is 19.6 Å². The second-order valence-corrected chi connectivity index (χ2v) is 19.1. The normalized spacial score (nSPS) is 29.6. The minimum absolute atomic E-state index is 0. The molecule has 0 bridgehead atoms. The molecule has 57 heavy (non-hydrogen) atoms. The van der Waals surface area contributed by atoms with Gasteiger partial charge in [0.1, 0.15) is 29.3 Å². The number of nitrogens with zero attached hydrogens (tertiary/aromatic N) is 6. The van der Waals surface area contributed by atoms with Crippen molar-refractivity contribution in [3.63, 3.8) is 0 Å². The number of aliphatic carboxylic acids is 2. The Labute approximate surface area is 352 Å². The zero-order valence-corrected chi connectivity index (χ0v) is 35.2. The number of carbonyl (C=O) groups is 8. The molecule has 3 unspecified atom stereocenters. The molecule has 3 N–H and O–H groups in total. The van der Waals surface area contributed by atoms with E-state index in [1.165, 1.54) is 45.6 Å². The topological polar surface area (TPSA) is 278 Å². The molecular formula is C34H39N8NaO12S2. The summed E-state index contributed by atoms with van der Waals surface area (Å²) < 4.78 is 24.0. The fraction of sp³-hybridized carbons (Fsp3) is 0.529. The minimum atomic E-state index is -3.76. The van der Waals surface area contributed by atoms with E-state index in [2.05, 4.69) is 20.9 Å². The molecule has 7 rings (SSSR count). The number of hydrogen-bond donors (Lipinski definition) is 3. The van der Waals surface area contributed by atoms with Crippen LogP contribution >= 0.6 is 11.8 Å². The number of urea groups is 1. The van der Waals surface area contributed by atoms with Gasteiger partial charge in [-0.2, -0.15) is 0 Å². The Balaban J connectivity index is 0.000000249. The van der Waals surface area contributed by atoms with Gasteiger partial charge < -0.3 is 35.4 Å². The predicted molar refractivity (Wildman–Crippen MR) is 190 cm³/mol. The first kappa shape index (κ1) is 43.7. The zero-order chi connectivity index (χ0) is 41.1. The Kier molecular flexibility index (Phi) is 12.4. The first-order valence-corrected chi connectivity index (χ1v) is 20.0. The van der Waals surface area contributed by atoms with E-state index >= 15 is 0 Å². The van der Waals surface area contributed by atoms with Crippen LogP contribution in [0.25, 0.3) is 0 Å². The Hall–Kier alpha value is -4.38. The van der Waals surface area contributed by atoms with Crippen LogP contribution in [0.15, 0.2) is 42.7 Å². The molecule has 20 nitrogen and oxygen atoms in total. The number of likely N-dealkylation sites (N-methyl/N-ethyl adjacent to an activating group) is 1. The fourth-order valence-corrected chi connectivity index (χ4v) is 12.3. The number of rotatable bonds is 9. The van der Waals surface area contributed by atoms with Crippen LogP contribution in [0.2, 0.25) is 0 Å². The van der Waals surface area contributed by atoms with Crippen LogP contribution in [0.5, 0.6) is 0 Å². The number of amides is 6. The summed E-state index contributed by atoms with van der Waals surface area (Å²) in [7, 11) is -3.76. The number of Topliss-reactive ketones (excluding diaryl/α,β-unsaturated/α-hetero) is 1. The number of piperazine rings is 1. The molecule has 5 aliphatic rings. The molecule has 300 valence electrons. The van der Waals surface area contributed by atoms with Crippen molar-refractivity contribution in [1.29, 1.82) is 0 Å². The SMILES string of the molecule is CCN1CCN(C(=O)NC(C(=O)N[C@@H]2C(=O)N3[C@@H]2SC(C)(C)[C@@H]3C(=O)O)c2ccccc2)C(=O)C1=O.C[C@]1(Cn2ccnn2)[C@H](C(=O)[O-])C2C(=O)CC2S1(=O)=O.[Na+]. The molecular weight excluding hydrogens is 800 g/mol. The van der Waals surface area contributed by atoms with Gasteiger partial charge in [-0.05, 0) is 33.3 Å². The van der Waals surface area contributed by atoms with Gasteiger partial charge in [-0.15, -0.1) is 16.9 Å². The summed E-state index contributed by atoms with van der Waals surface area (Å²) in [4.78, 5) is 102. The molecule has 1 aromatic carbocycles. The van der Waals surface area contributed by atoms with Gasteiger partial charge in [0.25, 0.3) is 0 Å². The van der Waals surface area contributed by atoms with Crippen molar-refractivity contribution in [3.05, 3.63) is 48.3 Å². The van der Waals surface area contributed by atoms with Crippen LogP contribution in [0, 0.1) is 11.8 Å². The van der Waals surface area contributed by atoms with Crippen molar-refractivity contribution in [2.24, 2.45) is 11.8 Å². The van der Waals surface area contributed by atoms with Crippen molar-refractivity contribution in [3.8, 4) is 0 Å². The maximum Gasteiger partial charge on any atom is 1.00 e. The van der Waals surface area contributed by atoms with Gasteiger partial charge in [0, 0.05) is 54.8 Å². The summed E-state index contributed by atoms with van der Waals surface area (Å²) in [6.07, 6.45) is 2.72. The number of β-lactam (4-membered cyclic amide) rings is 1. The van der Waals surface area contributed by atoms with Gasteiger partial charge in [0.05, 0.1) is 22.7 Å². The number of carboxylic acid groups (broad SMARTS) is 2. The molecule has 4 aliphatic heterocycles. The predicted octanol–water partition coefficient (Wildman–Crippen LogP) is -5.45.